The Labute approximate surface area is 95.2 Å². The first-order chi connectivity index (χ1) is 7.85. The third kappa shape index (κ3) is 2.38. The van der Waals surface area contributed by atoms with E-state index in [1.165, 1.54) is 0 Å². The van der Waals surface area contributed by atoms with Crippen LogP contribution in [0.15, 0.2) is 0 Å². The average Bonchev–Trinajstić information content (AvgIpc) is 2.89. The van der Waals surface area contributed by atoms with Crippen molar-refractivity contribution in [1.29, 1.82) is 0 Å². The van der Waals surface area contributed by atoms with E-state index in [0.29, 0.717) is 0 Å². The molecule has 6 nitrogen and oxygen atoms in total. The fourth-order valence-electron chi connectivity index (χ4n) is 2.21. The lowest BCUT2D eigenvalue weighted by Crippen LogP contribution is -2.32. The highest BCUT2D eigenvalue weighted by atomic mass is 16.3. The van der Waals surface area contributed by atoms with Gasteiger partial charge in [-0.3, -0.25) is 4.90 Å². The maximum atomic E-state index is 9.24. The summed E-state index contributed by atoms with van der Waals surface area (Å²) >= 11 is 0. The number of hydrogen-bond acceptors (Lipinski definition) is 5. The van der Waals surface area contributed by atoms with E-state index >= 15 is 0 Å². The summed E-state index contributed by atoms with van der Waals surface area (Å²) in [7, 11) is 0. The van der Waals surface area contributed by atoms with E-state index in [9.17, 15) is 5.11 Å². The third-order valence-electron chi connectivity index (χ3n) is 3.10. The Bertz CT molecular complexity index is 327. The minimum Gasteiger partial charge on any atom is -0.395 e. The monoisotopic (exact) mass is 225 g/mol. The highest BCUT2D eigenvalue weighted by Gasteiger charge is 2.25. The molecular weight excluding hydrogens is 206 g/mol. The number of hydrogen-bond donors (Lipinski definition) is 1. The fraction of sp³-hybridized carbons (Fsp3) is 0.900. The summed E-state index contributed by atoms with van der Waals surface area (Å²) in [5.74, 6) is 0.905. The summed E-state index contributed by atoms with van der Waals surface area (Å²) in [5.41, 5.74) is 0. The van der Waals surface area contributed by atoms with E-state index < -0.39 is 0 Å². The lowest BCUT2D eigenvalue weighted by molar-refractivity contribution is 0.149. The zero-order valence-electron chi connectivity index (χ0n) is 9.71. The van der Waals surface area contributed by atoms with Crippen LogP contribution in [0.4, 0.5) is 0 Å². The minimum atomic E-state index is 0.231. The van der Waals surface area contributed by atoms with E-state index in [2.05, 4.69) is 27.3 Å². The van der Waals surface area contributed by atoms with Crippen molar-refractivity contribution in [1.82, 2.24) is 25.1 Å². The molecule has 1 aliphatic heterocycles. The molecule has 1 N–H and O–H groups in total. The van der Waals surface area contributed by atoms with Gasteiger partial charge in [0, 0.05) is 12.6 Å². The molecule has 0 spiro atoms. The summed E-state index contributed by atoms with van der Waals surface area (Å²) in [6.07, 6.45) is 3.26. The molecule has 1 saturated heterocycles. The quantitative estimate of drug-likeness (QED) is 0.766. The Balaban J connectivity index is 1.99. The molecule has 1 fully saturated rings. The second-order valence-electron chi connectivity index (χ2n) is 4.27. The van der Waals surface area contributed by atoms with Gasteiger partial charge in [-0.1, -0.05) is 6.92 Å². The Morgan fingerprint density at radius 2 is 2.38 bits per heavy atom. The van der Waals surface area contributed by atoms with E-state index in [0.717, 1.165) is 44.7 Å². The van der Waals surface area contributed by atoms with Gasteiger partial charge in [0.15, 0.2) is 5.82 Å². The molecule has 1 atom stereocenters. The maximum Gasteiger partial charge on any atom is 0.165 e. The summed E-state index contributed by atoms with van der Waals surface area (Å²) in [6.45, 7) is 4.98. The standard InChI is InChI=1S/C10H19N5O/c1-2-5-15-10(11-12-13-15)7-14-6-3-4-9(14)8-16/h9,16H,2-8H2,1H3. The van der Waals surface area contributed by atoms with Gasteiger partial charge in [0.2, 0.25) is 0 Å². The number of aliphatic hydroxyl groups is 1. The number of aryl methyl sites for hydroxylation is 1. The van der Waals surface area contributed by atoms with Crippen LogP contribution in [0.1, 0.15) is 32.0 Å². The van der Waals surface area contributed by atoms with Gasteiger partial charge < -0.3 is 5.11 Å². The Morgan fingerprint density at radius 1 is 1.50 bits per heavy atom. The topological polar surface area (TPSA) is 67.1 Å². The maximum absolute atomic E-state index is 9.24. The van der Waals surface area contributed by atoms with Crippen molar-refractivity contribution < 1.29 is 5.11 Å². The van der Waals surface area contributed by atoms with Crippen LogP contribution in [0, 0.1) is 0 Å². The van der Waals surface area contributed by atoms with Gasteiger partial charge >= 0.3 is 0 Å². The summed E-state index contributed by atoms with van der Waals surface area (Å²) < 4.78 is 1.85. The van der Waals surface area contributed by atoms with Crippen molar-refractivity contribution in [2.75, 3.05) is 13.2 Å². The van der Waals surface area contributed by atoms with Crippen molar-refractivity contribution in [3.05, 3.63) is 5.82 Å². The molecule has 0 amide bonds. The zero-order chi connectivity index (χ0) is 11.4. The van der Waals surface area contributed by atoms with E-state index in [4.69, 9.17) is 0 Å². The molecule has 1 aromatic rings. The van der Waals surface area contributed by atoms with Gasteiger partial charge in [-0.25, -0.2) is 4.68 Å². The highest BCUT2D eigenvalue weighted by Crippen LogP contribution is 2.18. The molecular formula is C10H19N5O. The molecule has 2 heterocycles. The first-order valence-corrected chi connectivity index (χ1v) is 5.95. The average molecular weight is 225 g/mol. The van der Waals surface area contributed by atoms with Crippen LogP contribution in [0.3, 0.4) is 0 Å². The van der Waals surface area contributed by atoms with Crippen LogP contribution in [0.25, 0.3) is 0 Å². The molecule has 0 saturated carbocycles. The van der Waals surface area contributed by atoms with Gasteiger partial charge in [-0.15, -0.1) is 5.10 Å². The van der Waals surface area contributed by atoms with Crippen LogP contribution in [0.5, 0.6) is 0 Å². The van der Waals surface area contributed by atoms with E-state index in [1.54, 1.807) is 0 Å². The first-order valence-electron chi connectivity index (χ1n) is 5.95. The van der Waals surface area contributed by atoms with Crippen LogP contribution >= 0.6 is 0 Å². The number of aromatic nitrogens is 4. The van der Waals surface area contributed by atoms with Crippen molar-refractivity contribution in [3.63, 3.8) is 0 Å². The molecule has 1 aromatic heterocycles. The number of nitrogens with zero attached hydrogens (tertiary/aromatic N) is 5. The number of aliphatic hydroxyl groups excluding tert-OH is 1. The predicted molar refractivity (Wildman–Crippen MR) is 58.6 cm³/mol. The van der Waals surface area contributed by atoms with Crippen LogP contribution < -0.4 is 0 Å². The molecule has 90 valence electrons. The van der Waals surface area contributed by atoms with Crippen molar-refractivity contribution in [2.24, 2.45) is 0 Å². The van der Waals surface area contributed by atoms with E-state index in [1.807, 2.05) is 4.68 Å². The highest BCUT2D eigenvalue weighted by molar-refractivity contribution is 4.86. The molecule has 2 rings (SSSR count). The molecule has 1 aliphatic rings. The van der Waals surface area contributed by atoms with Crippen molar-refractivity contribution >= 4 is 0 Å². The van der Waals surface area contributed by atoms with Crippen LogP contribution in [-0.4, -0.2) is 49.4 Å². The first kappa shape index (κ1) is 11.5. The van der Waals surface area contributed by atoms with Gasteiger partial charge in [-0.2, -0.15) is 0 Å². The largest absolute Gasteiger partial charge is 0.395 e. The Kier molecular flexibility index (Phi) is 3.84. The van der Waals surface area contributed by atoms with E-state index in [-0.39, 0.29) is 12.6 Å². The number of tetrazole rings is 1. The van der Waals surface area contributed by atoms with Crippen molar-refractivity contribution in [3.8, 4) is 0 Å². The summed E-state index contributed by atoms with van der Waals surface area (Å²) in [5, 5.41) is 21.0. The molecule has 1 unspecified atom stereocenters. The molecule has 0 bridgehead atoms. The smallest absolute Gasteiger partial charge is 0.165 e. The molecule has 0 aliphatic carbocycles. The number of likely N-dealkylation sites (tertiary alicyclic amines) is 1. The zero-order valence-corrected chi connectivity index (χ0v) is 9.71. The molecule has 16 heavy (non-hydrogen) atoms. The fourth-order valence-corrected chi connectivity index (χ4v) is 2.21. The lowest BCUT2D eigenvalue weighted by atomic mass is 10.2. The lowest BCUT2D eigenvalue weighted by Gasteiger charge is -2.21. The molecule has 6 heteroatoms. The SMILES string of the molecule is CCCn1nnnc1CN1CCCC1CO. The second-order valence-corrected chi connectivity index (χ2v) is 4.27. The van der Waals surface area contributed by atoms with Crippen molar-refractivity contribution in [2.45, 2.75) is 45.3 Å². The Hall–Kier alpha value is -1.01. The number of rotatable bonds is 5. The normalized spacial score (nSPS) is 21.8. The van der Waals surface area contributed by atoms with Gasteiger partial charge in [0.05, 0.1) is 13.2 Å². The predicted octanol–water partition coefficient (Wildman–Crippen LogP) is 0.0398. The summed E-state index contributed by atoms with van der Waals surface area (Å²) in [4.78, 5) is 2.26. The Morgan fingerprint density at radius 3 is 3.12 bits per heavy atom. The minimum absolute atomic E-state index is 0.231. The molecule has 0 aromatic carbocycles. The third-order valence-corrected chi connectivity index (χ3v) is 3.10. The van der Waals surface area contributed by atoms with Gasteiger partial charge in [0.1, 0.15) is 0 Å². The van der Waals surface area contributed by atoms with Gasteiger partial charge in [-0.05, 0) is 36.2 Å². The molecule has 0 radical (unpaired) electrons. The second kappa shape index (κ2) is 5.36. The van der Waals surface area contributed by atoms with Crippen LogP contribution in [0.2, 0.25) is 0 Å². The van der Waals surface area contributed by atoms with Gasteiger partial charge in [0.25, 0.3) is 0 Å². The van der Waals surface area contributed by atoms with Crippen LogP contribution in [-0.2, 0) is 13.1 Å². The summed E-state index contributed by atoms with van der Waals surface area (Å²) in [6, 6.07) is 0.284.